The molecular formula is C13H25N. The molecule has 1 fully saturated rings. The fraction of sp³-hybridized carbons (Fsp3) is 0.846. The van der Waals surface area contributed by atoms with Crippen molar-refractivity contribution in [2.24, 2.45) is 5.92 Å². The van der Waals surface area contributed by atoms with E-state index in [1.54, 1.807) is 0 Å². The lowest BCUT2D eigenvalue weighted by Crippen LogP contribution is -2.26. The number of likely N-dealkylation sites (N-methyl/N-ethyl adjacent to an activating group) is 1. The molecule has 1 rings (SSSR count). The summed E-state index contributed by atoms with van der Waals surface area (Å²) in [5.41, 5.74) is 1.28. The molecule has 0 bridgehead atoms. The average molecular weight is 195 g/mol. The summed E-state index contributed by atoms with van der Waals surface area (Å²) in [5, 5.41) is 3.34. The average Bonchev–Trinajstić information content (AvgIpc) is 2.20. The van der Waals surface area contributed by atoms with Gasteiger partial charge in [-0.3, -0.25) is 0 Å². The number of hydrogen-bond donors (Lipinski definition) is 1. The van der Waals surface area contributed by atoms with Gasteiger partial charge in [-0.25, -0.2) is 0 Å². The van der Waals surface area contributed by atoms with E-state index in [9.17, 15) is 0 Å². The molecule has 0 aliphatic heterocycles. The number of nitrogens with one attached hydrogen (secondary N) is 1. The third-order valence-electron chi connectivity index (χ3n) is 3.53. The third-order valence-corrected chi connectivity index (χ3v) is 3.53. The van der Waals surface area contributed by atoms with E-state index >= 15 is 0 Å². The van der Waals surface area contributed by atoms with Crippen LogP contribution in [-0.2, 0) is 0 Å². The first-order chi connectivity index (χ1) is 6.74. The van der Waals surface area contributed by atoms with Crippen molar-refractivity contribution in [1.29, 1.82) is 0 Å². The SMILES string of the molecule is C=C(C)C(CCC1CCCCC1)NC. The van der Waals surface area contributed by atoms with Crippen molar-refractivity contribution < 1.29 is 0 Å². The smallest absolute Gasteiger partial charge is 0.0271 e. The zero-order valence-corrected chi connectivity index (χ0v) is 9.81. The first-order valence-corrected chi connectivity index (χ1v) is 6.06. The zero-order chi connectivity index (χ0) is 10.4. The Morgan fingerprint density at radius 3 is 2.50 bits per heavy atom. The molecule has 14 heavy (non-hydrogen) atoms. The van der Waals surface area contributed by atoms with Gasteiger partial charge in [0.15, 0.2) is 0 Å². The van der Waals surface area contributed by atoms with E-state index < -0.39 is 0 Å². The molecule has 0 radical (unpaired) electrons. The van der Waals surface area contributed by atoms with Crippen molar-refractivity contribution in [3.63, 3.8) is 0 Å². The summed E-state index contributed by atoms with van der Waals surface area (Å²) >= 11 is 0. The Morgan fingerprint density at radius 1 is 1.36 bits per heavy atom. The standard InChI is InChI=1S/C13H25N/c1-11(2)13(14-3)10-9-12-7-5-4-6-8-12/h12-14H,1,4-10H2,2-3H3. The maximum absolute atomic E-state index is 4.03. The summed E-state index contributed by atoms with van der Waals surface area (Å²) < 4.78 is 0. The molecule has 1 unspecified atom stereocenters. The predicted molar refractivity (Wildman–Crippen MR) is 63.5 cm³/mol. The Bertz CT molecular complexity index is 168. The Morgan fingerprint density at radius 2 is 2.00 bits per heavy atom. The first-order valence-electron chi connectivity index (χ1n) is 6.06. The van der Waals surface area contributed by atoms with Gasteiger partial charge in [0.1, 0.15) is 0 Å². The van der Waals surface area contributed by atoms with Crippen LogP contribution in [0.4, 0.5) is 0 Å². The van der Waals surface area contributed by atoms with Crippen molar-refractivity contribution in [2.75, 3.05) is 7.05 Å². The second-order valence-electron chi connectivity index (χ2n) is 4.77. The fourth-order valence-electron chi connectivity index (χ4n) is 2.52. The lowest BCUT2D eigenvalue weighted by atomic mass is 9.84. The molecule has 1 aliphatic rings. The van der Waals surface area contributed by atoms with Gasteiger partial charge in [-0.05, 0) is 32.7 Å². The minimum Gasteiger partial charge on any atom is -0.313 e. The Kier molecular flexibility index (Phi) is 5.24. The Balaban J connectivity index is 2.20. The van der Waals surface area contributed by atoms with E-state index in [4.69, 9.17) is 0 Å². The molecule has 0 aromatic rings. The summed E-state index contributed by atoms with van der Waals surface area (Å²) in [7, 11) is 2.04. The van der Waals surface area contributed by atoms with Crippen LogP contribution in [0.15, 0.2) is 12.2 Å². The lowest BCUT2D eigenvalue weighted by molar-refractivity contribution is 0.322. The van der Waals surface area contributed by atoms with E-state index in [-0.39, 0.29) is 0 Å². The topological polar surface area (TPSA) is 12.0 Å². The van der Waals surface area contributed by atoms with Crippen LogP contribution in [0.1, 0.15) is 51.9 Å². The molecule has 1 nitrogen and oxygen atoms in total. The van der Waals surface area contributed by atoms with Gasteiger partial charge in [-0.15, -0.1) is 0 Å². The second-order valence-corrected chi connectivity index (χ2v) is 4.77. The van der Waals surface area contributed by atoms with Crippen LogP contribution < -0.4 is 5.32 Å². The third kappa shape index (κ3) is 3.83. The largest absolute Gasteiger partial charge is 0.313 e. The molecule has 0 aromatic heterocycles. The molecule has 82 valence electrons. The Labute approximate surface area is 89.0 Å². The van der Waals surface area contributed by atoms with Crippen molar-refractivity contribution in [3.8, 4) is 0 Å². The number of hydrogen-bond acceptors (Lipinski definition) is 1. The summed E-state index contributed by atoms with van der Waals surface area (Å²) in [6.07, 6.45) is 9.98. The van der Waals surface area contributed by atoms with Gasteiger partial charge in [0.05, 0.1) is 0 Å². The highest BCUT2D eigenvalue weighted by Gasteiger charge is 2.15. The van der Waals surface area contributed by atoms with Crippen LogP contribution >= 0.6 is 0 Å². The molecule has 1 N–H and O–H groups in total. The molecule has 0 spiro atoms. The van der Waals surface area contributed by atoms with Crippen LogP contribution in [0.5, 0.6) is 0 Å². The van der Waals surface area contributed by atoms with Crippen molar-refractivity contribution in [2.45, 2.75) is 57.9 Å². The molecule has 0 saturated heterocycles. The van der Waals surface area contributed by atoms with Gasteiger partial charge in [-0.2, -0.15) is 0 Å². The van der Waals surface area contributed by atoms with Crippen molar-refractivity contribution in [1.82, 2.24) is 5.32 Å². The van der Waals surface area contributed by atoms with Gasteiger partial charge < -0.3 is 5.32 Å². The summed E-state index contributed by atoms with van der Waals surface area (Å²) in [4.78, 5) is 0. The van der Waals surface area contributed by atoms with E-state index in [0.29, 0.717) is 6.04 Å². The minimum absolute atomic E-state index is 0.539. The highest BCUT2D eigenvalue weighted by molar-refractivity contribution is 5.00. The van der Waals surface area contributed by atoms with E-state index in [1.165, 1.54) is 50.5 Å². The molecule has 1 heteroatoms. The van der Waals surface area contributed by atoms with E-state index in [2.05, 4.69) is 18.8 Å². The van der Waals surface area contributed by atoms with Gasteiger partial charge >= 0.3 is 0 Å². The van der Waals surface area contributed by atoms with Crippen LogP contribution in [0.2, 0.25) is 0 Å². The monoisotopic (exact) mass is 195 g/mol. The summed E-state index contributed by atoms with van der Waals surface area (Å²) in [6, 6.07) is 0.539. The molecule has 0 aromatic carbocycles. The summed E-state index contributed by atoms with van der Waals surface area (Å²) in [6.45, 7) is 6.15. The number of rotatable bonds is 5. The van der Waals surface area contributed by atoms with Crippen LogP contribution in [0.3, 0.4) is 0 Å². The first kappa shape index (κ1) is 11.8. The maximum Gasteiger partial charge on any atom is 0.0271 e. The van der Waals surface area contributed by atoms with Crippen LogP contribution in [0.25, 0.3) is 0 Å². The van der Waals surface area contributed by atoms with Crippen molar-refractivity contribution >= 4 is 0 Å². The van der Waals surface area contributed by atoms with Gasteiger partial charge in [0.25, 0.3) is 0 Å². The van der Waals surface area contributed by atoms with Gasteiger partial charge in [0.2, 0.25) is 0 Å². The molecule has 1 aliphatic carbocycles. The zero-order valence-electron chi connectivity index (χ0n) is 9.81. The molecule has 0 heterocycles. The quantitative estimate of drug-likeness (QED) is 0.662. The van der Waals surface area contributed by atoms with Gasteiger partial charge in [0, 0.05) is 6.04 Å². The minimum atomic E-state index is 0.539. The fourth-order valence-corrected chi connectivity index (χ4v) is 2.52. The van der Waals surface area contributed by atoms with Gasteiger partial charge in [-0.1, -0.05) is 44.3 Å². The maximum atomic E-state index is 4.03. The Hall–Kier alpha value is -0.300. The highest BCUT2D eigenvalue weighted by Crippen LogP contribution is 2.28. The second kappa shape index (κ2) is 6.23. The lowest BCUT2D eigenvalue weighted by Gasteiger charge is -2.24. The predicted octanol–water partition coefficient (Wildman–Crippen LogP) is 3.51. The molecule has 1 saturated carbocycles. The van der Waals surface area contributed by atoms with Crippen molar-refractivity contribution in [3.05, 3.63) is 12.2 Å². The van der Waals surface area contributed by atoms with E-state index in [0.717, 1.165) is 5.92 Å². The summed E-state index contributed by atoms with van der Waals surface area (Å²) in [5.74, 6) is 0.999. The van der Waals surface area contributed by atoms with E-state index in [1.807, 2.05) is 7.05 Å². The highest BCUT2D eigenvalue weighted by atomic mass is 14.9. The van der Waals surface area contributed by atoms with Crippen LogP contribution in [-0.4, -0.2) is 13.1 Å². The molecule has 1 atom stereocenters. The molecular weight excluding hydrogens is 170 g/mol. The normalized spacial score (nSPS) is 20.7. The van der Waals surface area contributed by atoms with Crippen LogP contribution in [0, 0.1) is 5.92 Å². The molecule has 0 amide bonds.